The van der Waals surface area contributed by atoms with Gasteiger partial charge in [0.2, 0.25) is 11.8 Å². The number of ether oxygens (including phenoxy) is 1. The van der Waals surface area contributed by atoms with Crippen molar-refractivity contribution in [3.63, 3.8) is 0 Å². The first kappa shape index (κ1) is 17.4. The lowest BCUT2D eigenvalue weighted by Crippen LogP contribution is -2.28. The molecule has 1 saturated heterocycles. The van der Waals surface area contributed by atoms with Crippen molar-refractivity contribution in [3.8, 4) is 5.75 Å². The van der Waals surface area contributed by atoms with Crippen molar-refractivity contribution in [2.45, 2.75) is 6.42 Å². The zero-order valence-electron chi connectivity index (χ0n) is 14.5. The molecule has 1 unspecified atom stereocenters. The topological polar surface area (TPSA) is 87.3 Å². The van der Waals surface area contributed by atoms with Crippen molar-refractivity contribution in [2.24, 2.45) is 5.92 Å². The molecule has 0 radical (unpaired) electrons. The number of methoxy groups -OCH3 is 1. The Morgan fingerprint density at radius 3 is 2.93 bits per heavy atom. The van der Waals surface area contributed by atoms with Gasteiger partial charge in [-0.05, 0) is 30.3 Å². The van der Waals surface area contributed by atoms with Gasteiger partial charge in [0.05, 0.1) is 23.6 Å². The molecule has 2 aromatic carbocycles. The summed E-state index contributed by atoms with van der Waals surface area (Å²) in [5, 5.41) is 11.2. The second-order valence-electron chi connectivity index (χ2n) is 6.34. The summed E-state index contributed by atoms with van der Waals surface area (Å²) in [4.78, 5) is 26.6. The van der Waals surface area contributed by atoms with Crippen LogP contribution in [0.3, 0.4) is 0 Å². The largest absolute Gasteiger partial charge is 0.495 e. The number of carbonyl (C=O) groups excluding carboxylic acids is 2. The smallest absolute Gasteiger partial charge is 0.229 e. The Bertz CT molecular complexity index is 1030. The Labute approximate surface area is 160 Å². The van der Waals surface area contributed by atoms with Gasteiger partial charge in [-0.1, -0.05) is 23.7 Å². The summed E-state index contributed by atoms with van der Waals surface area (Å²) in [7, 11) is 1.52. The molecule has 1 atom stereocenters. The number of nitrogens with zero attached hydrogens (tertiary/aromatic N) is 2. The van der Waals surface area contributed by atoms with E-state index < -0.39 is 5.92 Å². The Balaban J connectivity index is 1.50. The number of aromatic nitrogens is 2. The molecule has 8 heteroatoms. The van der Waals surface area contributed by atoms with Crippen molar-refractivity contribution in [2.75, 3.05) is 23.9 Å². The lowest BCUT2D eigenvalue weighted by molar-refractivity contribution is -0.122. The molecule has 1 aliphatic heterocycles. The number of hydrogen-bond acceptors (Lipinski definition) is 4. The molecule has 0 saturated carbocycles. The predicted octanol–water partition coefficient (Wildman–Crippen LogP) is 3.22. The number of nitrogens with one attached hydrogen (secondary N) is 2. The molecule has 0 spiro atoms. The second-order valence-corrected chi connectivity index (χ2v) is 6.74. The number of rotatable bonds is 4. The van der Waals surface area contributed by atoms with E-state index in [0.29, 0.717) is 22.3 Å². The summed E-state index contributed by atoms with van der Waals surface area (Å²) >= 11 is 6.09. The van der Waals surface area contributed by atoms with E-state index >= 15 is 0 Å². The van der Waals surface area contributed by atoms with Crippen LogP contribution in [0.25, 0.3) is 10.9 Å². The van der Waals surface area contributed by atoms with E-state index in [-0.39, 0.29) is 24.8 Å². The van der Waals surface area contributed by atoms with Crippen molar-refractivity contribution in [1.82, 2.24) is 10.2 Å². The van der Waals surface area contributed by atoms with Crippen LogP contribution in [-0.4, -0.2) is 35.7 Å². The van der Waals surface area contributed by atoms with Gasteiger partial charge < -0.3 is 10.1 Å². The van der Waals surface area contributed by atoms with Gasteiger partial charge in [-0.25, -0.2) is 0 Å². The molecule has 27 heavy (non-hydrogen) atoms. The van der Waals surface area contributed by atoms with E-state index in [1.54, 1.807) is 23.1 Å². The van der Waals surface area contributed by atoms with E-state index in [9.17, 15) is 9.59 Å². The molecule has 138 valence electrons. The lowest BCUT2D eigenvalue weighted by atomic mass is 10.1. The van der Waals surface area contributed by atoms with Gasteiger partial charge in [-0.15, -0.1) is 0 Å². The minimum absolute atomic E-state index is 0.125. The lowest BCUT2D eigenvalue weighted by Gasteiger charge is -2.14. The Hall–Kier alpha value is -3.06. The number of H-pyrrole nitrogens is 1. The fourth-order valence-corrected chi connectivity index (χ4v) is 3.49. The molecule has 2 N–H and O–H groups in total. The number of carbonyl (C=O) groups is 2. The number of benzene rings is 2. The first-order valence-electron chi connectivity index (χ1n) is 8.44. The van der Waals surface area contributed by atoms with E-state index in [0.717, 1.165) is 10.9 Å². The average Bonchev–Trinajstić information content (AvgIpc) is 3.25. The first-order chi connectivity index (χ1) is 13.1. The normalized spacial score (nSPS) is 16.7. The quantitative estimate of drug-likeness (QED) is 0.723. The average molecular weight is 385 g/mol. The molecule has 1 aliphatic rings. The van der Waals surface area contributed by atoms with E-state index in [1.165, 1.54) is 7.11 Å². The molecular weight excluding hydrogens is 368 g/mol. The Kier molecular flexibility index (Phi) is 4.45. The van der Waals surface area contributed by atoms with Crippen LogP contribution in [0.1, 0.15) is 6.42 Å². The minimum Gasteiger partial charge on any atom is -0.495 e. The maximum atomic E-state index is 12.6. The van der Waals surface area contributed by atoms with Crippen LogP contribution in [0.2, 0.25) is 5.02 Å². The van der Waals surface area contributed by atoms with Gasteiger partial charge in [-0.2, -0.15) is 5.10 Å². The highest BCUT2D eigenvalue weighted by Gasteiger charge is 2.36. The Morgan fingerprint density at radius 2 is 2.15 bits per heavy atom. The third-order valence-electron chi connectivity index (χ3n) is 4.62. The number of aromatic amines is 1. The van der Waals surface area contributed by atoms with Gasteiger partial charge in [0.1, 0.15) is 5.75 Å². The summed E-state index contributed by atoms with van der Waals surface area (Å²) in [6, 6.07) is 12.6. The summed E-state index contributed by atoms with van der Waals surface area (Å²) in [5.41, 5.74) is 1.41. The van der Waals surface area contributed by atoms with Crippen molar-refractivity contribution >= 4 is 45.8 Å². The highest BCUT2D eigenvalue weighted by Crippen LogP contribution is 2.31. The number of halogens is 1. The standard InChI is InChI=1S/C19H17ClN4O3/c1-27-16-7-6-12(9-14(16)20)21-19(26)11-8-17(25)24(10-11)18-13-4-2-3-5-15(13)22-23-18/h2-7,9,11H,8,10H2,1H3,(H,21,26)(H,22,23). The molecule has 2 amide bonds. The van der Waals surface area contributed by atoms with Crippen molar-refractivity contribution in [1.29, 1.82) is 0 Å². The number of para-hydroxylation sites is 1. The van der Waals surface area contributed by atoms with E-state index in [1.807, 2.05) is 24.3 Å². The van der Waals surface area contributed by atoms with E-state index in [2.05, 4.69) is 15.5 Å². The third-order valence-corrected chi connectivity index (χ3v) is 4.92. The molecule has 0 aliphatic carbocycles. The van der Waals surface area contributed by atoms with Crippen LogP contribution in [0.15, 0.2) is 42.5 Å². The fourth-order valence-electron chi connectivity index (χ4n) is 3.23. The summed E-state index contributed by atoms with van der Waals surface area (Å²) < 4.78 is 5.10. The number of amides is 2. The SMILES string of the molecule is COc1ccc(NC(=O)C2CC(=O)N(c3n[nH]c4ccccc34)C2)cc1Cl. The zero-order valence-corrected chi connectivity index (χ0v) is 15.3. The van der Waals surface area contributed by atoms with E-state index in [4.69, 9.17) is 16.3 Å². The fraction of sp³-hybridized carbons (Fsp3) is 0.211. The number of hydrogen-bond donors (Lipinski definition) is 2. The highest BCUT2D eigenvalue weighted by atomic mass is 35.5. The maximum absolute atomic E-state index is 12.6. The first-order valence-corrected chi connectivity index (χ1v) is 8.82. The van der Waals surface area contributed by atoms with Crippen LogP contribution >= 0.6 is 11.6 Å². The monoisotopic (exact) mass is 384 g/mol. The maximum Gasteiger partial charge on any atom is 0.229 e. The van der Waals surface area contributed by atoms with Crippen LogP contribution in [0, 0.1) is 5.92 Å². The minimum atomic E-state index is -0.464. The number of fused-ring (bicyclic) bond motifs is 1. The molecular formula is C19H17ClN4O3. The molecule has 1 fully saturated rings. The highest BCUT2D eigenvalue weighted by molar-refractivity contribution is 6.32. The van der Waals surface area contributed by atoms with Crippen LogP contribution < -0.4 is 15.0 Å². The van der Waals surface area contributed by atoms with Crippen molar-refractivity contribution < 1.29 is 14.3 Å². The third kappa shape index (κ3) is 3.21. The molecule has 1 aromatic heterocycles. The van der Waals surface area contributed by atoms with Gasteiger partial charge in [0.25, 0.3) is 0 Å². The summed E-state index contributed by atoms with van der Waals surface area (Å²) in [6.07, 6.45) is 0.136. The molecule has 7 nitrogen and oxygen atoms in total. The Morgan fingerprint density at radius 1 is 1.33 bits per heavy atom. The van der Waals surface area contributed by atoms with Gasteiger partial charge >= 0.3 is 0 Å². The van der Waals surface area contributed by atoms with Crippen LogP contribution in [0.5, 0.6) is 5.75 Å². The summed E-state index contributed by atoms with van der Waals surface area (Å²) in [5.74, 6) is 0.265. The molecule has 3 aromatic rings. The van der Waals surface area contributed by atoms with Crippen LogP contribution in [0.4, 0.5) is 11.5 Å². The number of anilines is 2. The van der Waals surface area contributed by atoms with Crippen molar-refractivity contribution in [3.05, 3.63) is 47.5 Å². The molecule has 2 heterocycles. The molecule has 0 bridgehead atoms. The zero-order chi connectivity index (χ0) is 19.0. The van der Waals surface area contributed by atoms with Gasteiger partial charge in [0, 0.05) is 24.0 Å². The predicted molar refractivity (Wildman–Crippen MR) is 103 cm³/mol. The van der Waals surface area contributed by atoms with Gasteiger partial charge in [0.15, 0.2) is 5.82 Å². The second kappa shape index (κ2) is 6.92. The van der Waals surface area contributed by atoms with Gasteiger partial charge in [-0.3, -0.25) is 19.6 Å². The van der Waals surface area contributed by atoms with Crippen LogP contribution in [-0.2, 0) is 9.59 Å². The molecule has 4 rings (SSSR count). The summed E-state index contributed by atoms with van der Waals surface area (Å²) in [6.45, 7) is 0.281.